The highest BCUT2D eigenvalue weighted by Crippen LogP contribution is 2.41. The molecular weight excluding hydrogens is 303 g/mol. The second-order valence-corrected chi connectivity index (χ2v) is 6.77. The van der Waals surface area contributed by atoms with Crippen molar-refractivity contribution in [2.75, 3.05) is 13.2 Å². The van der Waals surface area contributed by atoms with Crippen LogP contribution in [0.4, 0.5) is 0 Å². The van der Waals surface area contributed by atoms with Crippen LogP contribution in [0.5, 0.6) is 11.5 Å². The predicted octanol–water partition coefficient (Wildman–Crippen LogP) is 1.99. The van der Waals surface area contributed by atoms with Crippen molar-refractivity contribution in [3.05, 3.63) is 22.2 Å². The van der Waals surface area contributed by atoms with Crippen LogP contribution in [-0.4, -0.2) is 27.9 Å². The molecule has 0 aromatic heterocycles. The Balaban J connectivity index is 2.61. The van der Waals surface area contributed by atoms with Gasteiger partial charge in [-0.1, -0.05) is 11.6 Å². The number of carbonyl (C=O) groups is 1. The van der Waals surface area contributed by atoms with Gasteiger partial charge in [-0.15, -0.1) is 0 Å². The van der Waals surface area contributed by atoms with E-state index in [1.54, 1.807) is 0 Å². The largest absolute Gasteiger partial charge is 0.486 e. The molecule has 1 aromatic rings. The van der Waals surface area contributed by atoms with Crippen molar-refractivity contribution in [3.63, 3.8) is 0 Å². The number of halogens is 2. The summed E-state index contributed by atoms with van der Waals surface area (Å²) in [5.74, 6) is -0.0740. The molecule has 0 aliphatic carbocycles. The Bertz CT molecular complexity index is 597. The van der Waals surface area contributed by atoms with Gasteiger partial charge in [0, 0.05) is 16.2 Å². The number of hydrogen-bond donors (Lipinski definition) is 0. The Morgan fingerprint density at radius 1 is 1.28 bits per heavy atom. The maximum absolute atomic E-state index is 11.1. The average molecular weight is 311 g/mol. The van der Waals surface area contributed by atoms with Crippen LogP contribution in [0, 0.1) is 0 Å². The molecule has 1 aliphatic heterocycles. The number of ether oxygens (including phenoxy) is 2. The monoisotopic (exact) mass is 310 g/mol. The molecule has 0 unspecified atom stereocenters. The molecule has 0 radical (unpaired) electrons. The van der Waals surface area contributed by atoms with Crippen molar-refractivity contribution < 1.29 is 22.7 Å². The van der Waals surface area contributed by atoms with Crippen molar-refractivity contribution in [3.8, 4) is 11.5 Å². The van der Waals surface area contributed by atoms with Gasteiger partial charge in [-0.3, -0.25) is 4.79 Å². The molecule has 0 atom stereocenters. The van der Waals surface area contributed by atoms with Crippen LogP contribution in [0.25, 0.3) is 0 Å². The van der Waals surface area contributed by atoms with Gasteiger partial charge in [-0.25, -0.2) is 8.42 Å². The van der Waals surface area contributed by atoms with Gasteiger partial charge >= 0.3 is 0 Å². The van der Waals surface area contributed by atoms with Crippen molar-refractivity contribution in [2.24, 2.45) is 0 Å². The van der Waals surface area contributed by atoms with Gasteiger partial charge in [0.1, 0.15) is 13.2 Å². The molecule has 0 fully saturated rings. The quantitative estimate of drug-likeness (QED) is 0.631. The minimum atomic E-state index is -3.76. The van der Waals surface area contributed by atoms with E-state index < -0.39 is 14.8 Å². The molecule has 8 heteroatoms. The van der Waals surface area contributed by atoms with Crippen LogP contribution in [0.3, 0.4) is 0 Å². The second-order valence-electron chi connectivity index (χ2n) is 3.59. The van der Waals surface area contributed by atoms with Gasteiger partial charge in [0.25, 0.3) is 0 Å². The van der Waals surface area contributed by atoms with Crippen LogP contribution in [0.1, 0.15) is 15.9 Å². The van der Waals surface area contributed by atoms with Gasteiger partial charge in [0.15, 0.2) is 17.8 Å². The standard InChI is InChI=1S/C10H8Cl2O5S/c11-8-3-6(5-18(12,14)15)9-10(7(8)4-13)17-2-1-16-9/h3-4H,1-2,5H2. The highest BCUT2D eigenvalue weighted by Gasteiger charge is 2.25. The summed E-state index contributed by atoms with van der Waals surface area (Å²) in [4.78, 5) is 10.9. The maximum Gasteiger partial charge on any atom is 0.236 e. The molecule has 1 heterocycles. The Labute approximate surface area is 113 Å². The first-order valence-corrected chi connectivity index (χ1v) is 7.76. The summed E-state index contributed by atoms with van der Waals surface area (Å²) in [5.41, 5.74) is 0.414. The zero-order valence-electron chi connectivity index (χ0n) is 8.98. The van der Waals surface area contributed by atoms with Crippen LogP contribution < -0.4 is 9.47 Å². The Morgan fingerprint density at radius 3 is 2.44 bits per heavy atom. The Kier molecular flexibility index (Phi) is 3.70. The molecule has 0 N–H and O–H groups in total. The SMILES string of the molecule is O=Cc1c(Cl)cc(CS(=O)(=O)Cl)c2c1OCCO2. The molecule has 5 nitrogen and oxygen atoms in total. The van der Waals surface area contributed by atoms with Gasteiger partial charge in [-0.05, 0) is 6.07 Å². The van der Waals surface area contributed by atoms with E-state index in [0.29, 0.717) is 6.29 Å². The number of hydrogen-bond acceptors (Lipinski definition) is 5. The second kappa shape index (κ2) is 4.95. The lowest BCUT2D eigenvalue weighted by molar-refractivity contribution is 0.111. The van der Waals surface area contributed by atoms with Gasteiger partial charge in [0.05, 0.1) is 16.3 Å². The third-order valence-electron chi connectivity index (χ3n) is 2.32. The summed E-state index contributed by atoms with van der Waals surface area (Å²) in [5, 5.41) is 0.101. The molecular formula is C10H8Cl2O5S. The highest BCUT2D eigenvalue weighted by atomic mass is 35.7. The fourth-order valence-corrected chi connectivity index (χ4v) is 2.87. The number of benzene rings is 1. The molecule has 0 amide bonds. The fourth-order valence-electron chi connectivity index (χ4n) is 1.66. The lowest BCUT2D eigenvalue weighted by Crippen LogP contribution is -2.18. The van der Waals surface area contributed by atoms with Gasteiger partial charge in [0.2, 0.25) is 9.05 Å². The maximum atomic E-state index is 11.1. The number of fused-ring (bicyclic) bond motifs is 1. The lowest BCUT2D eigenvalue weighted by Gasteiger charge is -2.22. The number of aldehydes is 1. The molecule has 0 spiro atoms. The van der Waals surface area contributed by atoms with Gasteiger partial charge in [-0.2, -0.15) is 0 Å². The molecule has 0 bridgehead atoms. The Morgan fingerprint density at radius 2 is 1.89 bits per heavy atom. The molecule has 98 valence electrons. The van der Waals surface area contributed by atoms with E-state index in [1.165, 1.54) is 6.07 Å². The molecule has 0 saturated heterocycles. The van der Waals surface area contributed by atoms with Crippen molar-refractivity contribution in [1.29, 1.82) is 0 Å². The van der Waals surface area contributed by atoms with E-state index in [9.17, 15) is 13.2 Å². The number of rotatable bonds is 3. The minimum Gasteiger partial charge on any atom is -0.486 e. The zero-order valence-corrected chi connectivity index (χ0v) is 11.3. The van der Waals surface area contributed by atoms with Crippen molar-refractivity contribution in [2.45, 2.75) is 5.75 Å². The van der Waals surface area contributed by atoms with E-state index in [-0.39, 0.29) is 40.9 Å². The zero-order chi connectivity index (χ0) is 13.3. The molecule has 1 aromatic carbocycles. The van der Waals surface area contributed by atoms with Gasteiger partial charge < -0.3 is 9.47 Å². The van der Waals surface area contributed by atoms with Crippen LogP contribution in [0.15, 0.2) is 6.07 Å². The average Bonchev–Trinajstić information content (AvgIpc) is 2.27. The van der Waals surface area contributed by atoms with E-state index >= 15 is 0 Å². The fraction of sp³-hybridized carbons (Fsp3) is 0.300. The number of carbonyl (C=O) groups excluding carboxylic acids is 1. The lowest BCUT2D eigenvalue weighted by atomic mass is 10.1. The molecule has 1 aliphatic rings. The van der Waals surface area contributed by atoms with E-state index in [4.69, 9.17) is 31.8 Å². The summed E-state index contributed by atoms with van der Waals surface area (Å²) in [6.45, 7) is 0.531. The summed E-state index contributed by atoms with van der Waals surface area (Å²) >= 11 is 5.89. The minimum absolute atomic E-state index is 0.101. The highest BCUT2D eigenvalue weighted by molar-refractivity contribution is 8.13. The van der Waals surface area contributed by atoms with Crippen LogP contribution in [0.2, 0.25) is 5.02 Å². The van der Waals surface area contributed by atoms with E-state index in [2.05, 4.69) is 0 Å². The Hall–Kier alpha value is -0.980. The van der Waals surface area contributed by atoms with Crippen LogP contribution in [-0.2, 0) is 14.8 Å². The van der Waals surface area contributed by atoms with E-state index in [0.717, 1.165) is 0 Å². The third kappa shape index (κ3) is 2.71. The first kappa shape index (κ1) is 13.5. The van der Waals surface area contributed by atoms with E-state index in [1.807, 2.05) is 0 Å². The van der Waals surface area contributed by atoms with Crippen molar-refractivity contribution >= 4 is 37.6 Å². The smallest absolute Gasteiger partial charge is 0.236 e. The first-order chi connectivity index (χ1) is 8.42. The molecule has 0 saturated carbocycles. The summed E-state index contributed by atoms with van der Waals surface area (Å²) < 4.78 is 32.9. The molecule has 18 heavy (non-hydrogen) atoms. The summed E-state index contributed by atoms with van der Waals surface area (Å²) in [7, 11) is 1.44. The normalized spacial score (nSPS) is 14.3. The van der Waals surface area contributed by atoms with Crippen molar-refractivity contribution in [1.82, 2.24) is 0 Å². The summed E-state index contributed by atoms with van der Waals surface area (Å²) in [6, 6.07) is 1.35. The predicted molar refractivity (Wildman–Crippen MR) is 66.3 cm³/mol. The van der Waals surface area contributed by atoms with Crippen LogP contribution >= 0.6 is 22.3 Å². The first-order valence-electron chi connectivity index (χ1n) is 4.91. The molecule has 2 rings (SSSR count). The third-order valence-corrected chi connectivity index (χ3v) is 3.62. The summed E-state index contributed by atoms with van der Waals surface area (Å²) in [6.07, 6.45) is 0.537. The topological polar surface area (TPSA) is 69.7 Å².